The first-order valence-electron chi connectivity index (χ1n) is 6.47. The first-order chi connectivity index (χ1) is 10.1. The molecule has 0 aliphatic carbocycles. The molecule has 1 aromatic heterocycles. The molecule has 0 saturated carbocycles. The molecule has 1 unspecified atom stereocenters. The number of rotatable bonds is 3. The van der Waals surface area contributed by atoms with Crippen LogP contribution >= 0.6 is 0 Å². The van der Waals surface area contributed by atoms with Gasteiger partial charge in [0.2, 0.25) is 0 Å². The van der Waals surface area contributed by atoms with Gasteiger partial charge in [0.25, 0.3) is 5.91 Å². The minimum atomic E-state index is -0.654. The molecule has 0 saturated heterocycles. The average molecular weight is 287 g/mol. The summed E-state index contributed by atoms with van der Waals surface area (Å²) in [5, 5.41) is 13.4. The summed E-state index contributed by atoms with van der Waals surface area (Å²) in [5.74, 6) is -0.190. The third-order valence-corrected chi connectivity index (χ3v) is 3.52. The number of furan rings is 1. The number of carbonyl (C=O) groups excluding carboxylic acids is 1. The molecule has 2 heterocycles. The molecule has 3 N–H and O–H groups in total. The highest BCUT2D eigenvalue weighted by Gasteiger charge is 2.22. The van der Waals surface area contributed by atoms with Gasteiger partial charge in [-0.2, -0.15) is 0 Å². The summed E-state index contributed by atoms with van der Waals surface area (Å²) in [6, 6.07) is 7.47. The summed E-state index contributed by atoms with van der Waals surface area (Å²) < 4.78 is 5.11. The van der Waals surface area contributed by atoms with Gasteiger partial charge in [0.05, 0.1) is 12.1 Å². The fourth-order valence-corrected chi connectivity index (χ4v) is 2.39. The van der Waals surface area contributed by atoms with Gasteiger partial charge in [-0.05, 0) is 29.7 Å². The number of hydrogen-bond acceptors (Lipinski definition) is 5. The van der Waals surface area contributed by atoms with E-state index in [-0.39, 0.29) is 17.6 Å². The molecule has 0 spiro atoms. The summed E-state index contributed by atoms with van der Waals surface area (Å²) in [7, 11) is 0. The lowest BCUT2D eigenvalue weighted by molar-refractivity contribution is -0.402. The monoisotopic (exact) mass is 287 g/mol. The van der Waals surface area contributed by atoms with Crippen LogP contribution in [0.2, 0.25) is 0 Å². The summed E-state index contributed by atoms with van der Waals surface area (Å²) in [6.45, 7) is 0.627. The van der Waals surface area contributed by atoms with Crippen molar-refractivity contribution < 1.29 is 14.1 Å². The highest BCUT2D eigenvalue weighted by atomic mass is 16.6. The second kappa shape index (κ2) is 5.02. The Morgan fingerprint density at radius 2 is 2.14 bits per heavy atom. The van der Waals surface area contributed by atoms with Crippen molar-refractivity contribution in [2.45, 2.75) is 12.5 Å². The van der Waals surface area contributed by atoms with Crippen LogP contribution in [0.1, 0.15) is 33.3 Å². The number of nitrogens with two attached hydrogens (primary N) is 1. The maximum atomic E-state index is 11.8. The minimum absolute atomic E-state index is 0.129. The molecule has 3 rings (SSSR count). The van der Waals surface area contributed by atoms with Gasteiger partial charge in [-0.25, -0.2) is 0 Å². The lowest BCUT2D eigenvalue weighted by Gasteiger charge is -2.18. The predicted octanol–water partition coefficient (Wildman–Crippen LogP) is 1.52. The Kier molecular flexibility index (Phi) is 3.19. The fourth-order valence-electron chi connectivity index (χ4n) is 2.39. The van der Waals surface area contributed by atoms with Crippen LogP contribution in [-0.2, 0) is 6.42 Å². The maximum Gasteiger partial charge on any atom is 0.433 e. The topological polar surface area (TPSA) is 111 Å². The number of fused-ring (bicyclic) bond motifs is 1. The largest absolute Gasteiger partial charge is 0.433 e. The molecule has 7 heteroatoms. The van der Waals surface area contributed by atoms with Crippen molar-refractivity contribution in [3.63, 3.8) is 0 Å². The molecule has 1 aliphatic heterocycles. The zero-order valence-corrected chi connectivity index (χ0v) is 11.0. The number of benzene rings is 1. The number of amides is 1. The molecular weight excluding hydrogens is 274 g/mol. The fraction of sp³-hybridized carbons (Fsp3) is 0.214. The molecule has 7 nitrogen and oxygen atoms in total. The van der Waals surface area contributed by atoms with Crippen LogP contribution in [0.3, 0.4) is 0 Å². The number of hydrogen-bond donors (Lipinski definition) is 2. The van der Waals surface area contributed by atoms with Crippen LogP contribution in [0, 0.1) is 10.1 Å². The van der Waals surface area contributed by atoms with E-state index in [1.165, 1.54) is 12.1 Å². The second-order valence-corrected chi connectivity index (χ2v) is 4.83. The van der Waals surface area contributed by atoms with E-state index < -0.39 is 11.0 Å². The minimum Gasteiger partial charge on any atom is -0.404 e. The first-order valence-corrected chi connectivity index (χ1v) is 6.47. The molecule has 1 aliphatic rings. The van der Waals surface area contributed by atoms with Gasteiger partial charge in [-0.15, -0.1) is 0 Å². The lowest BCUT2D eigenvalue weighted by Crippen LogP contribution is -2.32. The van der Waals surface area contributed by atoms with Gasteiger partial charge in [0, 0.05) is 12.1 Å². The highest BCUT2D eigenvalue weighted by molar-refractivity contribution is 5.96. The van der Waals surface area contributed by atoms with Crippen molar-refractivity contribution in [2.75, 3.05) is 6.54 Å². The molecule has 0 radical (unpaired) electrons. The van der Waals surface area contributed by atoms with E-state index in [9.17, 15) is 14.9 Å². The molecule has 108 valence electrons. The van der Waals surface area contributed by atoms with E-state index in [1.807, 2.05) is 12.1 Å². The predicted molar refractivity (Wildman–Crippen MR) is 73.9 cm³/mol. The molecule has 1 atom stereocenters. The van der Waals surface area contributed by atoms with Gasteiger partial charge < -0.3 is 15.5 Å². The Labute approximate surface area is 119 Å². The molecule has 2 aromatic rings. The normalized spacial score (nSPS) is 15.2. The van der Waals surface area contributed by atoms with Crippen LogP contribution in [0.4, 0.5) is 5.88 Å². The van der Waals surface area contributed by atoms with Crippen LogP contribution in [0.25, 0.3) is 0 Å². The van der Waals surface area contributed by atoms with Crippen molar-refractivity contribution in [3.8, 4) is 0 Å². The molecule has 1 aromatic carbocycles. The van der Waals surface area contributed by atoms with Gasteiger partial charge >= 0.3 is 5.88 Å². The Bertz CT molecular complexity index is 723. The molecule has 1 amide bonds. The summed E-state index contributed by atoms with van der Waals surface area (Å²) in [4.78, 5) is 21.8. The highest BCUT2D eigenvalue weighted by Crippen LogP contribution is 2.27. The molecule has 0 bridgehead atoms. The zero-order valence-electron chi connectivity index (χ0n) is 11.0. The Balaban J connectivity index is 1.94. The van der Waals surface area contributed by atoms with Crippen LogP contribution in [-0.4, -0.2) is 17.4 Å². The third-order valence-electron chi connectivity index (χ3n) is 3.52. The van der Waals surface area contributed by atoms with Crippen LogP contribution in [0.5, 0.6) is 0 Å². The maximum absolute atomic E-state index is 11.8. The van der Waals surface area contributed by atoms with E-state index >= 15 is 0 Å². The number of carbonyl (C=O) groups is 1. The smallest absolute Gasteiger partial charge is 0.404 e. The van der Waals surface area contributed by atoms with E-state index in [0.717, 1.165) is 12.0 Å². The van der Waals surface area contributed by atoms with Gasteiger partial charge in [0.15, 0.2) is 0 Å². The van der Waals surface area contributed by atoms with E-state index in [1.54, 1.807) is 6.07 Å². The number of nitro groups is 1. The first kappa shape index (κ1) is 13.3. The molecule has 21 heavy (non-hydrogen) atoms. The van der Waals surface area contributed by atoms with Gasteiger partial charge in [-0.1, -0.05) is 12.1 Å². The molecule has 0 fully saturated rings. The van der Waals surface area contributed by atoms with Crippen LogP contribution in [0.15, 0.2) is 34.7 Å². The second-order valence-electron chi connectivity index (χ2n) is 4.83. The van der Waals surface area contributed by atoms with E-state index in [0.29, 0.717) is 17.7 Å². The van der Waals surface area contributed by atoms with E-state index in [4.69, 9.17) is 10.2 Å². The van der Waals surface area contributed by atoms with Crippen molar-refractivity contribution in [1.29, 1.82) is 0 Å². The number of nitrogens with one attached hydrogen (secondary N) is 1. The number of nitrogens with zero attached hydrogens (tertiary/aromatic N) is 1. The Morgan fingerprint density at radius 3 is 2.86 bits per heavy atom. The summed E-state index contributed by atoms with van der Waals surface area (Å²) in [6.07, 6.45) is 0.781. The SMILES string of the molecule is NC(c1ccc2c(c1)C(=O)NCC2)c1ccc([N+](=O)[O-])o1. The van der Waals surface area contributed by atoms with Gasteiger partial charge in [-0.3, -0.25) is 14.9 Å². The average Bonchev–Trinajstić information content (AvgIpc) is 2.97. The Morgan fingerprint density at radius 1 is 1.33 bits per heavy atom. The van der Waals surface area contributed by atoms with Gasteiger partial charge in [0.1, 0.15) is 10.7 Å². The summed E-state index contributed by atoms with van der Waals surface area (Å²) >= 11 is 0. The quantitative estimate of drug-likeness (QED) is 0.656. The van der Waals surface area contributed by atoms with Crippen molar-refractivity contribution in [3.05, 3.63) is 62.9 Å². The standard InChI is InChI=1S/C14H13N3O4/c15-13(11-3-4-12(21-11)17(19)20)9-2-1-8-5-6-16-14(18)10(8)7-9/h1-4,7,13H,5-6,15H2,(H,16,18). The lowest BCUT2D eigenvalue weighted by atomic mass is 9.95. The summed E-state index contributed by atoms with van der Waals surface area (Å²) in [5.41, 5.74) is 8.30. The Hall–Kier alpha value is -2.67. The van der Waals surface area contributed by atoms with Crippen molar-refractivity contribution in [1.82, 2.24) is 5.32 Å². The van der Waals surface area contributed by atoms with Crippen molar-refractivity contribution >= 4 is 11.8 Å². The zero-order chi connectivity index (χ0) is 15.0. The third kappa shape index (κ3) is 2.38. The van der Waals surface area contributed by atoms with Crippen molar-refractivity contribution in [2.24, 2.45) is 5.73 Å². The van der Waals surface area contributed by atoms with Crippen LogP contribution < -0.4 is 11.1 Å². The van der Waals surface area contributed by atoms with E-state index in [2.05, 4.69) is 5.32 Å². The molecular formula is C14H13N3O4.